The fraction of sp³-hybridized carbons (Fsp3) is 0.316. The molecule has 2 atom stereocenters. The predicted octanol–water partition coefficient (Wildman–Crippen LogP) is 1.75. The Kier molecular flexibility index (Phi) is 3.46. The molecule has 2 unspecified atom stereocenters. The molecule has 8 nitrogen and oxygen atoms in total. The highest BCUT2D eigenvalue weighted by Gasteiger charge is 2.37. The molecule has 3 aromatic rings. The van der Waals surface area contributed by atoms with Crippen LogP contribution in [0, 0.1) is 0 Å². The van der Waals surface area contributed by atoms with E-state index in [1.54, 1.807) is 29.4 Å². The number of fused-ring (bicyclic) bond motifs is 3. The summed E-state index contributed by atoms with van der Waals surface area (Å²) in [4.78, 5) is 31.5. The minimum atomic E-state index is -0.313. The Balaban J connectivity index is 1.63. The van der Waals surface area contributed by atoms with Gasteiger partial charge in [0.15, 0.2) is 6.23 Å². The van der Waals surface area contributed by atoms with Gasteiger partial charge in [-0.15, -0.1) is 5.10 Å². The molecule has 0 spiro atoms. The number of hydrogen-bond donors (Lipinski definition) is 0. The van der Waals surface area contributed by atoms with Crippen molar-refractivity contribution >= 4 is 16.8 Å². The molecule has 4 heterocycles. The van der Waals surface area contributed by atoms with Gasteiger partial charge in [-0.1, -0.05) is 11.3 Å². The van der Waals surface area contributed by atoms with Gasteiger partial charge >= 0.3 is 0 Å². The summed E-state index contributed by atoms with van der Waals surface area (Å²) in [6.07, 6.45) is 4.86. The SMILES string of the molecule is CC(c1cccnc1)n1nnc2cc3c(cc2c1=O)OC1CCCN1C3=O. The van der Waals surface area contributed by atoms with Crippen LogP contribution in [0.3, 0.4) is 0 Å². The molecule has 0 radical (unpaired) electrons. The topological polar surface area (TPSA) is 90.2 Å². The van der Waals surface area contributed by atoms with Crippen molar-refractivity contribution in [3.05, 3.63) is 58.1 Å². The van der Waals surface area contributed by atoms with E-state index in [9.17, 15) is 9.59 Å². The molecule has 2 aliphatic rings. The number of hydrogen-bond acceptors (Lipinski definition) is 6. The molecule has 1 saturated heterocycles. The maximum absolute atomic E-state index is 13.0. The summed E-state index contributed by atoms with van der Waals surface area (Å²) < 4.78 is 7.30. The Morgan fingerprint density at radius 2 is 2.19 bits per heavy atom. The van der Waals surface area contributed by atoms with Crippen molar-refractivity contribution in [2.24, 2.45) is 0 Å². The fourth-order valence-electron chi connectivity index (χ4n) is 3.76. The second-order valence-electron chi connectivity index (χ2n) is 6.88. The van der Waals surface area contributed by atoms with Crippen LogP contribution in [-0.4, -0.2) is 43.6 Å². The first-order valence-corrected chi connectivity index (χ1v) is 8.94. The third-order valence-corrected chi connectivity index (χ3v) is 5.27. The molecule has 5 rings (SSSR count). The molecule has 0 aliphatic carbocycles. The number of pyridine rings is 1. The third kappa shape index (κ3) is 2.40. The normalized spacial score (nSPS) is 19.5. The van der Waals surface area contributed by atoms with E-state index in [2.05, 4.69) is 15.3 Å². The zero-order valence-electron chi connectivity index (χ0n) is 14.7. The van der Waals surface area contributed by atoms with Gasteiger partial charge in [0.2, 0.25) is 0 Å². The number of carbonyl (C=O) groups excluding carboxylic acids is 1. The molecular weight excluding hydrogens is 346 g/mol. The lowest BCUT2D eigenvalue weighted by molar-refractivity contribution is 0.0295. The molecule has 0 saturated carbocycles. The largest absolute Gasteiger partial charge is 0.470 e. The molecule has 136 valence electrons. The Morgan fingerprint density at radius 1 is 1.30 bits per heavy atom. The minimum absolute atomic E-state index is 0.0737. The van der Waals surface area contributed by atoms with Crippen molar-refractivity contribution in [1.82, 2.24) is 24.9 Å². The molecule has 1 aromatic carbocycles. The fourth-order valence-corrected chi connectivity index (χ4v) is 3.76. The van der Waals surface area contributed by atoms with E-state index in [1.807, 2.05) is 19.1 Å². The van der Waals surface area contributed by atoms with Crippen LogP contribution in [-0.2, 0) is 0 Å². The number of aromatic nitrogens is 4. The van der Waals surface area contributed by atoms with Crippen LogP contribution < -0.4 is 10.3 Å². The predicted molar refractivity (Wildman–Crippen MR) is 96.5 cm³/mol. The zero-order valence-corrected chi connectivity index (χ0v) is 14.7. The highest BCUT2D eigenvalue weighted by Crippen LogP contribution is 2.34. The van der Waals surface area contributed by atoms with Gasteiger partial charge < -0.3 is 9.64 Å². The van der Waals surface area contributed by atoms with E-state index >= 15 is 0 Å². The van der Waals surface area contributed by atoms with Crippen molar-refractivity contribution in [2.75, 3.05) is 6.54 Å². The molecule has 2 aliphatic heterocycles. The van der Waals surface area contributed by atoms with Crippen LogP contribution in [0.1, 0.15) is 41.7 Å². The van der Waals surface area contributed by atoms with Crippen LogP contribution in [0.15, 0.2) is 41.5 Å². The highest BCUT2D eigenvalue weighted by molar-refractivity contribution is 6.01. The van der Waals surface area contributed by atoms with E-state index in [0.29, 0.717) is 28.8 Å². The van der Waals surface area contributed by atoms with Crippen molar-refractivity contribution in [2.45, 2.75) is 32.0 Å². The second-order valence-corrected chi connectivity index (χ2v) is 6.88. The molecule has 27 heavy (non-hydrogen) atoms. The summed E-state index contributed by atoms with van der Waals surface area (Å²) in [5.41, 5.74) is 1.42. The van der Waals surface area contributed by atoms with Gasteiger partial charge in [-0.3, -0.25) is 14.6 Å². The van der Waals surface area contributed by atoms with Crippen LogP contribution >= 0.6 is 0 Å². The van der Waals surface area contributed by atoms with E-state index < -0.39 is 0 Å². The van der Waals surface area contributed by atoms with Gasteiger partial charge in [-0.25, -0.2) is 4.68 Å². The van der Waals surface area contributed by atoms with Crippen LogP contribution in [0.4, 0.5) is 0 Å². The second kappa shape index (κ2) is 5.87. The number of carbonyl (C=O) groups is 1. The molecule has 0 bridgehead atoms. The summed E-state index contributed by atoms with van der Waals surface area (Å²) in [6.45, 7) is 2.56. The summed E-state index contributed by atoms with van der Waals surface area (Å²) >= 11 is 0. The Labute approximate surface area is 154 Å². The Morgan fingerprint density at radius 3 is 3.00 bits per heavy atom. The van der Waals surface area contributed by atoms with Gasteiger partial charge in [0, 0.05) is 25.4 Å². The Hall–Kier alpha value is -3.29. The lowest BCUT2D eigenvalue weighted by atomic mass is 10.1. The van der Waals surface area contributed by atoms with Crippen molar-refractivity contribution in [1.29, 1.82) is 0 Å². The number of ether oxygens (including phenoxy) is 1. The summed E-state index contributed by atoms with van der Waals surface area (Å²) in [6, 6.07) is 6.62. The smallest absolute Gasteiger partial charge is 0.278 e. The summed E-state index contributed by atoms with van der Waals surface area (Å²) in [5, 5.41) is 8.65. The summed E-state index contributed by atoms with van der Waals surface area (Å²) in [5.74, 6) is 0.372. The molecule has 1 fully saturated rings. The van der Waals surface area contributed by atoms with Crippen molar-refractivity contribution in [3.63, 3.8) is 0 Å². The Bertz CT molecular complexity index is 1110. The number of amides is 1. The lowest BCUT2D eigenvalue weighted by Crippen LogP contribution is -2.43. The van der Waals surface area contributed by atoms with E-state index in [0.717, 1.165) is 18.4 Å². The molecule has 2 aromatic heterocycles. The minimum Gasteiger partial charge on any atom is -0.470 e. The van der Waals surface area contributed by atoms with Crippen molar-refractivity contribution in [3.8, 4) is 5.75 Å². The molecule has 1 amide bonds. The lowest BCUT2D eigenvalue weighted by Gasteiger charge is -2.31. The molecular formula is C19H17N5O3. The number of rotatable bonds is 2. The monoisotopic (exact) mass is 363 g/mol. The van der Waals surface area contributed by atoms with E-state index in [1.165, 1.54) is 4.68 Å². The van der Waals surface area contributed by atoms with Crippen LogP contribution in [0.2, 0.25) is 0 Å². The van der Waals surface area contributed by atoms with Crippen LogP contribution in [0.25, 0.3) is 10.9 Å². The average Bonchev–Trinajstić information content (AvgIpc) is 3.17. The van der Waals surface area contributed by atoms with Crippen molar-refractivity contribution < 1.29 is 9.53 Å². The van der Waals surface area contributed by atoms with E-state index in [4.69, 9.17) is 4.74 Å². The van der Waals surface area contributed by atoms with Gasteiger partial charge in [-0.05, 0) is 37.1 Å². The maximum atomic E-state index is 13.0. The van der Waals surface area contributed by atoms with Gasteiger partial charge in [0.05, 0.1) is 17.0 Å². The number of benzene rings is 1. The first kappa shape index (κ1) is 15.9. The summed E-state index contributed by atoms with van der Waals surface area (Å²) in [7, 11) is 0. The first-order valence-electron chi connectivity index (χ1n) is 8.94. The van der Waals surface area contributed by atoms with Gasteiger partial charge in [-0.2, -0.15) is 0 Å². The quantitative estimate of drug-likeness (QED) is 0.689. The molecule has 8 heteroatoms. The average molecular weight is 363 g/mol. The highest BCUT2D eigenvalue weighted by atomic mass is 16.5. The maximum Gasteiger partial charge on any atom is 0.278 e. The number of nitrogens with zero attached hydrogens (tertiary/aromatic N) is 5. The standard InChI is InChI=1S/C19H17N5O3/c1-11(12-4-2-6-20-10-12)24-19(26)13-9-16-14(8-15(13)21-22-24)18(25)23-7-3-5-17(23)27-16/h2,4,6,8-11,17H,3,5,7H2,1H3. The zero-order chi connectivity index (χ0) is 18.5. The van der Waals surface area contributed by atoms with Gasteiger partial charge in [0.1, 0.15) is 11.3 Å². The van der Waals surface area contributed by atoms with Crippen LogP contribution in [0.5, 0.6) is 5.75 Å². The first-order chi connectivity index (χ1) is 13.1. The van der Waals surface area contributed by atoms with E-state index in [-0.39, 0.29) is 23.7 Å². The third-order valence-electron chi connectivity index (χ3n) is 5.27. The van der Waals surface area contributed by atoms with Gasteiger partial charge in [0.25, 0.3) is 11.5 Å². The molecule has 0 N–H and O–H groups in total.